The minimum absolute atomic E-state index is 0.143. The van der Waals surface area contributed by atoms with Gasteiger partial charge in [-0.3, -0.25) is 19.3 Å². The maximum Gasteiger partial charge on any atom is 0.410 e. The molecule has 5 rings (SSSR count). The van der Waals surface area contributed by atoms with Gasteiger partial charge >= 0.3 is 12.1 Å². The second-order valence-corrected chi connectivity index (χ2v) is 13.0. The maximum atomic E-state index is 13.9. The Morgan fingerprint density at radius 2 is 1.07 bits per heavy atom. The lowest BCUT2D eigenvalue weighted by Gasteiger charge is -2.35. The van der Waals surface area contributed by atoms with Gasteiger partial charge in [0.2, 0.25) is 17.7 Å². The van der Waals surface area contributed by atoms with Crippen LogP contribution in [-0.2, 0) is 35.3 Å². The zero-order valence-electron chi connectivity index (χ0n) is 25.5. The molecule has 0 radical (unpaired) electrons. The average molecular weight is 597 g/mol. The van der Waals surface area contributed by atoms with Crippen LogP contribution in [0.2, 0.25) is 0 Å². The van der Waals surface area contributed by atoms with Crippen LogP contribution >= 0.6 is 0 Å². The van der Waals surface area contributed by atoms with E-state index in [4.69, 9.17) is 9.47 Å². The Hall–Kier alpha value is -3.63. The number of nitrogens with zero attached hydrogens (tertiary/aromatic N) is 4. The summed E-state index contributed by atoms with van der Waals surface area (Å²) in [6, 6.07) is 6.74. The lowest BCUT2D eigenvalue weighted by atomic mass is 10.1. The second kappa shape index (κ2) is 12.9. The van der Waals surface area contributed by atoms with Crippen LogP contribution in [0.4, 0.5) is 4.79 Å². The highest BCUT2D eigenvalue weighted by atomic mass is 16.6. The van der Waals surface area contributed by atoms with Crippen LogP contribution in [0, 0.1) is 0 Å². The van der Waals surface area contributed by atoms with E-state index in [-0.39, 0.29) is 24.3 Å². The molecule has 43 heavy (non-hydrogen) atoms. The summed E-state index contributed by atoms with van der Waals surface area (Å²) in [6.45, 7) is 7.25. The highest BCUT2D eigenvalue weighted by molar-refractivity contribution is 5.96. The molecule has 1 aromatic rings. The van der Waals surface area contributed by atoms with Crippen LogP contribution in [0.15, 0.2) is 30.3 Å². The first-order valence-electron chi connectivity index (χ1n) is 15.7. The smallest absolute Gasteiger partial charge is 0.410 e. The summed E-state index contributed by atoms with van der Waals surface area (Å²) in [6.07, 6.45) is 4.30. The molecule has 234 valence electrons. The number of hydrogen-bond acceptors (Lipinski definition) is 7. The number of carbonyl (C=O) groups is 5. The van der Waals surface area contributed by atoms with E-state index in [9.17, 15) is 24.0 Å². The third-order valence-electron chi connectivity index (χ3n) is 8.84. The zero-order chi connectivity index (χ0) is 30.7. The minimum Gasteiger partial charge on any atom is -0.459 e. The van der Waals surface area contributed by atoms with Crippen molar-refractivity contribution in [2.45, 2.75) is 109 Å². The average Bonchev–Trinajstić information content (AvgIpc) is 3.80. The fourth-order valence-corrected chi connectivity index (χ4v) is 6.81. The number of benzene rings is 1. The van der Waals surface area contributed by atoms with Crippen LogP contribution < -0.4 is 0 Å². The number of esters is 1. The molecule has 0 aliphatic carbocycles. The number of amides is 4. The molecule has 11 nitrogen and oxygen atoms in total. The number of ether oxygens (including phenoxy) is 2. The van der Waals surface area contributed by atoms with Crippen molar-refractivity contribution < 1.29 is 33.4 Å². The molecule has 11 heteroatoms. The van der Waals surface area contributed by atoms with Gasteiger partial charge < -0.3 is 24.2 Å². The van der Waals surface area contributed by atoms with Gasteiger partial charge in [0.1, 0.15) is 36.4 Å². The molecule has 4 fully saturated rings. The van der Waals surface area contributed by atoms with Gasteiger partial charge in [-0.2, -0.15) is 0 Å². The lowest BCUT2D eigenvalue weighted by molar-refractivity contribution is -0.157. The molecule has 0 N–H and O–H groups in total. The predicted molar refractivity (Wildman–Crippen MR) is 156 cm³/mol. The molecule has 0 spiro atoms. The van der Waals surface area contributed by atoms with Gasteiger partial charge in [0.25, 0.3) is 0 Å². The third kappa shape index (κ3) is 6.80. The molecular weight excluding hydrogens is 552 g/mol. The number of carbonyl (C=O) groups excluding carboxylic acids is 5. The van der Waals surface area contributed by atoms with Crippen LogP contribution in [0.25, 0.3) is 0 Å². The quantitative estimate of drug-likeness (QED) is 0.464. The Labute approximate surface area is 253 Å². The molecule has 4 saturated heterocycles. The highest BCUT2D eigenvalue weighted by Crippen LogP contribution is 2.31. The number of rotatable bonds is 6. The summed E-state index contributed by atoms with van der Waals surface area (Å²) >= 11 is 0. The maximum absolute atomic E-state index is 13.9. The van der Waals surface area contributed by atoms with Crippen molar-refractivity contribution in [1.82, 2.24) is 19.6 Å². The Morgan fingerprint density at radius 1 is 0.651 bits per heavy atom. The molecule has 0 unspecified atom stereocenters. The summed E-state index contributed by atoms with van der Waals surface area (Å²) in [4.78, 5) is 73.6. The Bertz CT molecular complexity index is 1220. The molecule has 4 aliphatic heterocycles. The van der Waals surface area contributed by atoms with E-state index < -0.39 is 41.8 Å². The first-order valence-corrected chi connectivity index (χ1v) is 15.7. The molecule has 4 amide bonds. The van der Waals surface area contributed by atoms with Crippen molar-refractivity contribution in [3.8, 4) is 0 Å². The first kappa shape index (κ1) is 30.8. The lowest BCUT2D eigenvalue weighted by Crippen LogP contribution is -2.57. The molecule has 4 aliphatic rings. The summed E-state index contributed by atoms with van der Waals surface area (Å²) in [5.41, 5.74) is 0.200. The third-order valence-corrected chi connectivity index (χ3v) is 8.84. The molecular formula is C32H44N4O7. The molecule has 4 heterocycles. The fourth-order valence-electron chi connectivity index (χ4n) is 6.81. The largest absolute Gasteiger partial charge is 0.459 e. The van der Waals surface area contributed by atoms with Crippen molar-refractivity contribution in [2.75, 3.05) is 26.2 Å². The van der Waals surface area contributed by atoms with Crippen LogP contribution in [0.5, 0.6) is 0 Å². The van der Waals surface area contributed by atoms with E-state index in [1.54, 1.807) is 35.5 Å². The van der Waals surface area contributed by atoms with Crippen molar-refractivity contribution in [2.24, 2.45) is 0 Å². The standard InChI is InChI=1S/C32H44N4O7/c1-32(2,3)43-31(41)36-20-9-15-25(36)29(39)34-18-7-13-23(34)27(37)33-17-8-14-24(33)28(38)35-19-10-16-26(35)30(40)42-21-22-11-5-4-6-12-22/h4-6,11-12,23-26H,7-10,13-21H2,1-3H3/t23-,24-,25-,26-/m0/s1. The summed E-state index contributed by atoms with van der Waals surface area (Å²) < 4.78 is 11.1. The van der Waals surface area contributed by atoms with Gasteiger partial charge in [-0.05, 0) is 77.7 Å². The van der Waals surface area contributed by atoms with Gasteiger partial charge in [-0.1, -0.05) is 30.3 Å². The van der Waals surface area contributed by atoms with Crippen molar-refractivity contribution in [1.29, 1.82) is 0 Å². The van der Waals surface area contributed by atoms with E-state index in [1.165, 1.54) is 4.90 Å². The zero-order valence-corrected chi connectivity index (χ0v) is 25.5. The summed E-state index contributed by atoms with van der Waals surface area (Å²) in [5, 5.41) is 0. The topological polar surface area (TPSA) is 117 Å². The van der Waals surface area contributed by atoms with Gasteiger partial charge in [0.05, 0.1) is 0 Å². The van der Waals surface area contributed by atoms with Crippen molar-refractivity contribution in [3.05, 3.63) is 35.9 Å². The predicted octanol–water partition coefficient (Wildman–Crippen LogP) is 3.10. The van der Waals surface area contributed by atoms with Gasteiger partial charge in [0.15, 0.2) is 0 Å². The summed E-state index contributed by atoms with van der Waals surface area (Å²) in [5.74, 6) is -1.12. The van der Waals surface area contributed by atoms with Crippen LogP contribution in [0.3, 0.4) is 0 Å². The molecule has 4 atom stereocenters. The SMILES string of the molecule is CC(C)(C)OC(=O)N1CCC[C@H]1C(=O)N1CCC[C@H]1C(=O)N1CCC[C@H]1C(=O)N1CCC[C@H]1C(=O)OCc1ccccc1. The van der Waals surface area contributed by atoms with Crippen molar-refractivity contribution in [3.63, 3.8) is 0 Å². The molecule has 0 aromatic heterocycles. The normalized spacial score (nSPS) is 25.7. The van der Waals surface area contributed by atoms with Crippen LogP contribution in [-0.4, -0.2) is 105 Å². The molecule has 1 aromatic carbocycles. The van der Waals surface area contributed by atoms with Crippen LogP contribution in [0.1, 0.15) is 77.7 Å². The van der Waals surface area contributed by atoms with E-state index in [1.807, 2.05) is 30.3 Å². The fraction of sp³-hybridized carbons (Fsp3) is 0.656. The Balaban J connectivity index is 1.23. The molecule has 0 saturated carbocycles. The highest BCUT2D eigenvalue weighted by Gasteiger charge is 2.48. The van der Waals surface area contributed by atoms with Gasteiger partial charge in [0, 0.05) is 26.2 Å². The van der Waals surface area contributed by atoms with E-state index in [0.29, 0.717) is 77.5 Å². The number of likely N-dealkylation sites (tertiary alicyclic amines) is 4. The van der Waals surface area contributed by atoms with E-state index >= 15 is 0 Å². The Kier molecular flexibility index (Phi) is 9.27. The monoisotopic (exact) mass is 596 g/mol. The second-order valence-electron chi connectivity index (χ2n) is 13.0. The summed E-state index contributed by atoms with van der Waals surface area (Å²) in [7, 11) is 0. The number of hydrogen-bond donors (Lipinski definition) is 0. The van der Waals surface area contributed by atoms with Gasteiger partial charge in [-0.25, -0.2) is 9.59 Å². The van der Waals surface area contributed by atoms with Crippen molar-refractivity contribution >= 4 is 29.8 Å². The van der Waals surface area contributed by atoms with Gasteiger partial charge in [-0.15, -0.1) is 0 Å². The first-order chi connectivity index (χ1) is 20.5. The molecule has 0 bridgehead atoms. The Morgan fingerprint density at radius 3 is 1.56 bits per heavy atom. The minimum atomic E-state index is -0.677. The van der Waals surface area contributed by atoms with E-state index in [0.717, 1.165) is 5.56 Å². The van der Waals surface area contributed by atoms with E-state index in [2.05, 4.69) is 0 Å².